The summed E-state index contributed by atoms with van der Waals surface area (Å²) in [7, 11) is 0. The van der Waals surface area contributed by atoms with Crippen LogP contribution in [0.4, 0.5) is 0 Å². The maximum atomic E-state index is 11.4. The largest absolute Gasteiger partial charge is 0.505 e. The van der Waals surface area contributed by atoms with Crippen molar-refractivity contribution < 1.29 is 5.11 Å². The Morgan fingerprint density at radius 2 is 1.35 bits per heavy atom. The van der Waals surface area contributed by atoms with E-state index in [0.29, 0.717) is 17.5 Å². The number of phenolic OH excluding ortho intramolecular Hbond substituents is 1. The van der Waals surface area contributed by atoms with Crippen molar-refractivity contribution in [2.24, 2.45) is 22.7 Å². The Labute approximate surface area is 202 Å². The van der Waals surface area contributed by atoms with Crippen molar-refractivity contribution in [3.63, 3.8) is 0 Å². The van der Waals surface area contributed by atoms with Crippen LogP contribution >= 0.6 is 0 Å². The van der Waals surface area contributed by atoms with Gasteiger partial charge in [0.1, 0.15) is 22.5 Å². The first-order valence-electron chi connectivity index (χ1n) is 12.1. The Hall–Kier alpha value is -3.40. The van der Waals surface area contributed by atoms with Crippen LogP contribution in [0.1, 0.15) is 38.8 Å². The average Bonchev–Trinajstić information content (AvgIpc) is 3.22. The van der Waals surface area contributed by atoms with Gasteiger partial charge in [0.2, 0.25) is 0 Å². The van der Waals surface area contributed by atoms with Crippen molar-refractivity contribution in [2.75, 3.05) is 0 Å². The molecule has 2 aromatic carbocycles. The number of phenols is 1. The van der Waals surface area contributed by atoms with E-state index in [0.717, 1.165) is 29.4 Å². The van der Waals surface area contributed by atoms with Gasteiger partial charge in [0, 0.05) is 0 Å². The monoisotopic (exact) mass is 451 g/mol. The van der Waals surface area contributed by atoms with E-state index in [2.05, 4.69) is 98.6 Å². The summed E-state index contributed by atoms with van der Waals surface area (Å²) in [4.78, 5) is 1.59. The van der Waals surface area contributed by atoms with Crippen LogP contribution in [0.25, 0.3) is 16.7 Å². The lowest BCUT2D eigenvalue weighted by molar-refractivity contribution is 0.331. The van der Waals surface area contributed by atoms with Crippen molar-refractivity contribution in [2.45, 2.75) is 40.5 Å². The van der Waals surface area contributed by atoms with Gasteiger partial charge in [-0.1, -0.05) is 94.5 Å². The van der Waals surface area contributed by atoms with Crippen LogP contribution in [-0.4, -0.2) is 20.1 Å². The molecule has 5 rings (SSSR count). The Morgan fingerprint density at radius 3 is 1.91 bits per heavy atom. The average molecular weight is 452 g/mol. The fourth-order valence-corrected chi connectivity index (χ4v) is 5.04. The van der Waals surface area contributed by atoms with Gasteiger partial charge in [0.05, 0.1) is 0 Å². The summed E-state index contributed by atoms with van der Waals surface area (Å²) < 4.78 is 0. The van der Waals surface area contributed by atoms with Crippen LogP contribution in [0.3, 0.4) is 0 Å². The predicted molar refractivity (Wildman–Crippen MR) is 139 cm³/mol. The summed E-state index contributed by atoms with van der Waals surface area (Å²) in [6, 6.07) is 12.1. The Morgan fingerprint density at radius 1 is 0.794 bits per heavy atom. The predicted octanol–water partition coefficient (Wildman–Crippen LogP) is 6.75. The Bertz CT molecular complexity index is 1300. The fourth-order valence-electron chi connectivity index (χ4n) is 5.04. The maximum absolute atomic E-state index is 11.4. The van der Waals surface area contributed by atoms with Gasteiger partial charge in [-0.05, 0) is 64.8 Å². The van der Waals surface area contributed by atoms with Crippen molar-refractivity contribution in [3.05, 3.63) is 96.1 Å². The lowest BCUT2D eigenvalue weighted by Crippen LogP contribution is -2.25. The van der Waals surface area contributed by atoms with E-state index in [1.165, 1.54) is 5.56 Å². The summed E-state index contributed by atoms with van der Waals surface area (Å²) in [5.41, 5.74) is 4.51. The molecule has 4 heteroatoms. The quantitative estimate of drug-likeness (QED) is 0.467. The van der Waals surface area contributed by atoms with Crippen LogP contribution < -0.4 is 0 Å². The SMILES string of the molecule is CC1(C)C=CC=CC1Cc1cc(CC2C=CC=CC2(C)C)c(O)c(-n2nc3ccccc3n2)c1. The molecule has 0 aliphatic heterocycles. The first-order valence-corrected chi connectivity index (χ1v) is 12.1. The molecule has 0 radical (unpaired) electrons. The molecule has 0 bridgehead atoms. The lowest BCUT2D eigenvalue weighted by Gasteiger charge is -2.33. The third-order valence-electron chi connectivity index (χ3n) is 7.50. The number of aromatic hydroxyl groups is 1. The number of hydrogen-bond acceptors (Lipinski definition) is 3. The molecule has 0 spiro atoms. The third kappa shape index (κ3) is 4.25. The maximum Gasteiger partial charge on any atom is 0.146 e. The van der Waals surface area contributed by atoms with E-state index in [1.54, 1.807) is 4.80 Å². The summed E-state index contributed by atoms with van der Waals surface area (Å²) >= 11 is 0. The molecule has 2 unspecified atom stereocenters. The first-order chi connectivity index (χ1) is 16.2. The van der Waals surface area contributed by atoms with Gasteiger partial charge in [0.25, 0.3) is 0 Å². The molecule has 0 amide bonds. The van der Waals surface area contributed by atoms with E-state index in [9.17, 15) is 5.11 Å². The second-order valence-corrected chi connectivity index (χ2v) is 10.9. The summed E-state index contributed by atoms with van der Waals surface area (Å²) in [6.45, 7) is 9.07. The van der Waals surface area contributed by atoms with Crippen LogP contribution in [0.5, 0.6) is 5.75 Å². The number of benzene rings is 2. The van der Waals surface area contributed by atoms with Crippen molar-refractivity contribution in [1.29, 1.82) is 0 Å². The minimum atomic E-state index is 0.0227. The van der Waals surface area contributed by atoms with E-state index >= 15 is 0 Å². The molecule has 34 heavy (non-hydrogen) atoms. The normalized spacial score (nSPS) is 22.5. The third-order valence-corrected chi connectivity index (χ3v) is 7.50. The molecule has 1 aromatic heterocycles. The Kier molecular flexibility index (Phi) is 5.55. The van der Waals surface area contributed by atoms with Gasteiger partial charge < -0.3 is 5.11 Å². The zero-order valence-electron chi connectivity index (χ0n) is 20.4. The Balaban J connectivity index is 1.58. The molecular formula is C30H33N3O. The highest BCUT2D eigenvalue weighted by atomic mass is 16.3. The molecule has 0 saturated carbocycles. The molecule has 1 N–H and O–H groups in total. The van der Waals surface area contributed by atoms with E-state index in [1.807, 2.05) is 24.3 Å². The summed E-state index contributed by atoms with van der Waals surface area (Å²) in [5, 5.41) is 20.8. The molecule has 1 heterocycles. The zero-order valence-corrected chi connectivity index (χ0v) is 20.4. The second-order valence-electron chi connectivity index (χ2n) is 10.9. The van der Waals surface area contributed by atoms with E-state index in [4.69, 9.17) is 0 Å². The molecule has 174 valence electrons. The van der Waals surface area contributed by atoms with Crippen molar-refractivity contribution in [1.82, 2.24) is 15.0 Å². The molecule has 3 aromatic rings. The van der Waals surface area contributed by atoms with Crippen LogP contribution in [-0.2, 0) is 12.8 Å². The van der Waals surface area contributed by atoms with Gasteiger partial charge in [-0.3, -0.25) is 0 Å². The smallest absolute Gasteiger partial charge is 0.146 e. The topological polar surface area (TPSA) is 50.9 Å². The van der Waals surface area contributed by atoms with Crippen LogP contribution in [0, 0.1) is 22.7 Å². The second kappa shape index (κ2) is 8.43. The van der Waals surface area contributed by atoms with Gasteiger partial charge in [-0.2, -0.15) is 0 Å². The molecular weight excluding hydrogens is 418 g/mol. The van der Waals surface area contributed by atoms with Crippen LogP contribution in [0.2, 0.25) is 0 Å². The summed E-state index contributed by atoms with van der Waals surface area (Å²) in [6.07, 6.45) is 19.2. The highest BCUT2D eigenvalue weighted by molar-refractivity contribution is 5.73. The molecule has 2 aliphatic rings. The van der Waals surface area contributed by atoms with Gasteiger partial charge in [-0.15, -0.1) is 15.0 Å². The summed E-state index contributed by atoms with van der Waals surface area (Å²) in [5.74, 6) is 0.938. The molecule has 0 saturated heterocycles. The highest BCUT2D eigenvalue weighted by Gasteiger charge is 2.30. The fraction of sp³-hybridized carbons (Fsp3) is 0.333. The van der Waals surface area contributed by atoms with E-state index < -0.39 is 0 Å². The minimum absolute atomic E-state index is 0.0227. The number of rotatable bonds is 5. The molecule has 2 aliphatic carbocycles. The number of hydrogen-bond donors (Lipinski definition) is 1. The zero-order chi connectivity index (χ0) is 23.9. The number of aromatic nitrogens is 3. The van der Waals surface area contributed by atoms with Gasteiger partial charge >= 0.3 is 0 Å². The van der Waals surface area contributed by atoms with Gasteiger partial charge in [0.15, 0.2) is 0 Å². The van der Waals surface area contributed by atoms with Crippen molar-refractivity contribution in [3.8, 4) is 11.4 Å². The van der Waals surface area contributed by atoms with Crippen molar-refractivity contribution >= 4 is 11.0 Å². The molecule has 2 atom stereocenters. The first kappa shape index (κ1) is 22.4. The standard InChI is InChI=1S/C30H33N3O/c1-29(2)15-9-7-11-23(29)18-21-17-22(20-24-12-8-10-16-30(24,3)4)28(34)27(19-21)33-31-25-13-5-6-14-26(25)32-33/h5-17,19,23-24,34H,18,20H2,1-4H3. The molecule has 4 nitrogen and oxygen atoms in total. The molecule has 0 fully saturated rings. The lowest BCUT2D eigenvalue weighted by atomic mass is 9.72. The van der Waals surface area contributed by atoms with Gasteiger partial charge in [-0.25, -0.2) is 0 Å². The van der Waals surface area contributed by atoms with Crippen LogP contribution in [0.15, 0.2) is 85.0 Å². The number of allylic oxidation sites excluding steroid dienone is 8. The van der Waals surface area contributed by atoms with E-state index in [-0.39, 0.29) is 16.6 Å². The number of nitrogens with zero attached hydrogens (tertiary/aromatic N) is 3. The minimum Gasteiger partial charge on any atom is -0.505 e. The highest BCUT2D eigenvalue weighted by Crippen LogP contribution is 2.40. The number of fused-ring (bicyclic) bond motifs is 1.